The van der Waals surface area contributed by atoms with Crippen LogP contribution in [0.15, 0.2) is 71.2 Å². The number of rotatable bonds is 5. The number of halogens is 2. The lowest BCUT2D eigenvalue weighted by Gasteiger charge is -2.19. The molecule has 4 rings (SSSR count). The first-order valence-electron chi connectivity index (χ1n) is 9.25. The monoisotopic (exact) mass is 471 g/mol. The largest absolute Gasteiger partial charge is 0.449 e. The molecule has 0 spiro atoms. The summed E-state index contributed by atoms with van der Waals surface area (Å²) in [5, 5.41) is 13.0. The van der Waals surface area contributed by atoms with Crippen LogP contribution in [0.1, 0.15) is 28.7 Å². The van der Waals surface area contributed by atoms with Gasteiger partial charge in [-0.1, -0.05) is 76.1 Å². The van der Waals surface area contributed by atoms with E-state index in [1.165, 1.54) is 11.1 Å². The van der Waals surface area contributed by atoms with E-state index in [1.807, 2.05) is 24.3 Å². The van der Waals surface area contributed by atoms with Gasteiger partial charge in [-0.05, 0) is 46.0 Å². The zero-order valence-corrected chi connectivity index (χ0v) is 17.8. The second-order valence-corrected chi connectivity index (χ2v) is 8.26. The lowest BCUT2D eigenvalue weighted by atomic mass is 9.98. The van der Waals surface area contributed by atoms with Crippen LogP contribution in [0.3, 0.4) is 0 Å². The van der Waals surface area contributed by atoms with E-state index in [0.717, 1.165) is 15.6 Å². The fraction of sp³-hybridized carbons (Fsp3) is 0.174. The molecule has 0 aromatic heterocycles. The minimum atomic E-state index is -0.611. The van der Waals surface area contributed by atoms with Crippen LogP contribution in [0.5, 0.6) is 0 Å². The normalized spacial score (nSPS) is 13.5. The summed E-state index contributed by atoms with van der Waals surface area (Å²) in [5.74, 6) is -0.0129. The summed E-state index contributed by atoms with van der Waals surface area (Å²) in [6.07, 6.45) is -0.581. The Hall–Kier alpha value is -2.34. The molecule has 1 aliphatic rings. The van der Waals surface area contributed by atoms with Crippen molar-refractivity contribution in [3.05, 3.63) is 92.9 Å². The van der Waals surface area contributed by atoms with Gasteiger partial charge in [-0.2, -0.15) is 0 Å². The molecule has 6 heteroatoms. The van der Waals surface area contributed by atoms with Gasteiger partial charge in [-0.15, -0.1) is 0 Å². The summed E-state index contributed by atoms with van der Waals surface area (Å²) >= 11 is 9.45. The lowest BCUT2D eigenvalue weighted by Crippen LogP contribution is -2.32. The minimum Gasteiger partial charge on any atom is -0.449 e. The predicted octanol–water partition coefficient (Wildman–Crippen LogP) is 5.67. The second kappa shape index (κ2) is 8.57. The number of aliphatic hydroxyl groups excluding tert-OH is 1. The Kier molecular flexibility index (Phi) is 5.90. The smallest absolute Gasteiger partial charge is 0.407 e. The molecule has 1 aliphatic carbocycles. The summed E-state index contributed by atoms with van der Waals surface area (Å²) in [5.41, 5.74) is 5.35. The zero-order chi connectivity index (χ0) is 20.4. The van der Waals surface area contributed by atoms with Gasteiger partial charge < -0.3 is 15.2 Å². The highest BCUT2D eigenvalue weighted by Gasteiger charge is 2.29. The Morgan fingerprint density at radius 3 is 2.28 bits per heavy atom. The van der Waals surface area contributed by atoms with Crippen molar-refractivity contribution in [2.24, 2.45) is 0 Å². The minimum absolute atomic E-state index is 0.0129. The lowest BCUT2D eigenvalue weighted by molar-refractivity contribution is 0.132. The van der Waals surface area contributed by atoms with Crippen molar-refractivity contribution in [2.75, 3.05) is 13.2 Å². The van der Waals surface area contributed by atoms with E-state index in [9.17, 15) is 9.90 Å². The van der Waals surface area contributed by atoms with Gasteiger partial charge in [0.25, 0.3) is 0 Å². The van der Waals surface area contributed by atoms with Gasteiger partial charge in [0.05, 0.1) is 12.6 Å². The maximum absolute atomic E-state index is 12.4. The van der Waals surface area contributed by atoms with Gasteiger partial charge in [0.1, 0.15) is 6.61 Å². The van der Waals surface area contributed by atoms with Crippen molar-refractivity contribution in [1.29, 1.82) is 0 Å². The fourth-order valence-corrected chi connectivity index (χ4v) is 4.68. The average Bonchev–Trinajstić information content (AvgIpc) is 3.03. The molecular formula is C23H19BrClNO3. The quantitative estimate of drug-likeness (QED) is 0.503. The molecule has 0 saturated carbocycles. The number of carbonyl (C=O) groups excluding carboxylic acids is 1. The van der Waals surface area contributed by atoms with Crippen molar-refractivity contribution in [3.8, 4) is 11.1 Å². The highest BCUT2D eigenvalue weighted by molar-refractivity contribution is 9.10. The molecule has 1 amide bonds. The average molecular weight is 473 g/mol. The Balaban J connectivity index is 1.47. The van der Waals surface area contributed by atoms with E-state index in [2.05, 4.69) is 45.5 Å². The van der Waals surface area contributed by atoms with Crippen molar-refractivity contribution in [2.45, 2.75) is 12.0 Å². The summed E-state index contributed by atoms with van der Waals surface area (Å²) in [4.78, 5) is 12.4. The molecule has 0 unspecified atom stereocenters. The molecule has 1 atom stereocenters. The Bertz CT molecular complexity index is 990. The summed E-state index contributed by atoms with van der Waals surface area (Å²) in [7, 11) is 0. The van der Waals surface area contributed by atoms with Crippen LogP contribution < -0.4 is 5.32 Å². The number of fused-ring (bicyclic) bond motifs is 3. The number of nitrogens with one attached hydrogen (secondary N) is 1. The molecule has 0 heterocycles. The predicted molar refractivity (Wildman–Crippen MR) is 117 cm³/mol. The van der Waals surface area contributed by atoms with Crippen molar-refractivity contribution >= 4 is 33.6 Å². The molecule has 0 saturated heterocycles. The molecule has 148 valence electrons. The maximum Gasteiger partial charge on any atom is 0.407 e. The van der Waals surface area contributed by atoms with Crippen molar-refractivity contribution in [1.82, 2.24) is 5.32 Å². The van der Waals surface area contributed by atoms with Gasteiger partial charge in [0, 0.05) is 15.4 Å². The van der Waals surface area contributed by atoms with E-state index in [-0.39, 0.29) is 19.1 Å². The number of hydrogen-bond acceptors (Lipinski definition) is 3. The zero-order valence-electron chi connectivity index (χ0n) is 15.4. The molecule has 0 bridgehead atoms. The van der Waals surface area contributed by atoms with Gasteiger partial charge in [-0.3, -0.25) is 0 Å². The summed E-state index contributed by atoms with van der Waals surface area (Å²) in [6, 6.07) is 21.0. The number of benzene rings is 3. The van der Waals surface area contributed by atoms with Crippen LogP contribution in [0.4, 0.5) is 4.79 Å². The number of amides is 1. The van der Waals surface area contributed by atoms with E-state index in [1.54, 1.807) is 18.2 Å². The van der Waals surface area contributed by atoms with Crippen LogP contribution in [-0.2, 0) is 4.74 Å². The van der Waals surface area contributed by atoms with E-state index in [0.29, 0.717) is 10.6 Å². The highest BCUT2D eigenvalue weighted by atomic mass is 79.9. The van der Waals surface area contributed by atoms with E-state index < -0.39 is 12.1 Å². The van der Waals surface area contributed by atoms with Gasteiger partial charge in [-0.25, -0.2) is 4.79 Å². The number of carbonyl (C=O) groups is 1. The SMILES string of the molecule is O=C(N[C@@H](CO)c1cc(Cl)cc(Br)c1)OCC1c2ccccc2-c2ccccc21. The van der Waals surface area contributed by atoms with Gasteiger partial charge >= 0.3 is 6.09 Å². The van der Waals surface area contributed by atoms with Crippen LogP contribution in [0, 0.1) is 0 Å². The molecule has 0 aliphatic heterocycles. The van der Waals surface area contributed by atoms with E-state index in [4.69, 9.17) is 16.3 Å². The van der Waals surface area contributed by atoms with Crippen LogP contribution in [0.2, 0.25) is 5.02 Å². The number of alkyl carbamates (subject to hydrolysis) is 1. The van der Waals surface area contributed by atoms with Crippen LogP contribution >= 0.6 is 27.5 Å². The molecule has 0 fully saturated rings. The van der Waals surface area contributed by atoms with Gasteiger partial charge in [0.15, 0.2) is 0 Å². The van der Waals surface area contributed by atoms with Crippen LogP contribution in [0.25, 0.3) is 11.1 Å². The third kappa shape index (κ3) is 4.17. The first-order valence-corrected chi connectivity index (χ1v) is 10.4. The van der Waals surface area contributed by atoms with Crippen molar-refractivity contribution in [3.63, 3.8) is 0 Å². The number of aliphatic hydroxyl groups is 1. The first kappa shape index (κ1) is 20.0. The molecule has 3 aromatic rings. The number of ether oxygens (including phenoxy) is 1. The molecule has 4 nitrogen and oxygen atoms in total. The van der Waals surface area contributed by atoms with Crippen molar-refractivity contribution < 1.29 is 14.6 Å². The number of hydrogen-bond donors (Lipinski definition) is 2. The Morgan fingerprint density at radius 2 is 1.69 bits per heavy atom. The standard InChI is InChI=1S/C23H19BrClNO3/c24-15-9-14(10-16(25)11-15)22(12-27)26-23(28)29-13-21-19-7-3-1-5-17(19)18-6-2-4-8-20(18)21/h1-11,21-22,27H,12-13H2,(H,26,28)/t22-/m0/s1. The summed E-state index contributed by atoms with van der Waals surface area (Å²) < 4.78 is 6.32. The fourth-order valence-electron chi connectivity index (χ4n) is 3.79. The third-order valence-corrected chi connectivity index (χ3v) is 5.78. The summed E-state index contributed by atoms with van der Waals surface area (Å²) in [6.45, 7) is -0.0474. The first-order chi connectivity index (χ1) is 14.1. The second-order valence-electron chi connectivity index (χ2n) is 6.91. The van der Waals surface area contributed by atoms with Crippen LogP contribution in [-0.4, -0.2) is 24.4 Å². The molecule has 2 N–H and O–H groups in total. The third-order valence-electron chi connectivity index (χ3n) is 5.11. The molecular weight excluding hydrogens is 454 g/mol. The maximum atomic E-state index is 12.4. The Labute approximate surface area is 182 Å². The van der Waals surface area contributed by atoms with E-state index >= 15 is 0 Å². The Morgan fingerprint density at radius 1 is 1.07 bits per heavy atom. The molecule has 29 heavy (non-hydrogen) atoms. The topological polar surface area (TPSA) is 58.6 Å². The molecule has 0 radical (unpaired) electrons. The molecule has 3 aromatic carbocycles. The highest BCUT2D eigenvalue weighted by Crippen LogP contribution is 2.44. The van der Waals surface area contributed by atoms with Gasteiger partial charge in [0.2, 0.25) is 0 Å².